The molecule has 87 valence electrons. The molecule has 1 aromatic heterocycles. The number of halogens is 1. The highest BCUT2D eigenvalue weighted by molar-refractivity contribution is 5.56. The zero-order chi connectivity index (χ0) is 12.1. The first kappa shape index (κ1) is 11.6. The summed E-state index contributed by atoms with van der Waals surface area (Å²) in [6, 6.07) is 12.6. The Morgan fingerprint density at radius 2 is 1.88 bits per heavy atom. The standard InChI is InChI=1S/C14H14FN2/c1-2-6-11-9-10-13(15)14(16-11)17-12-7-4-3-5-8-12/h3-5,7-10H,1-2,6H2,(H,16,17). The second-order valence-corrected chi connectivity index (χ2v) is 3.73. The largest absolute Gasteiger partial charge is 0.338 e. The predicted molar refractivity (Wildman–Crippen MR) is 67.6 cm³/mol. The van der Waals surface area contributed by atoms with E-state index in [9.17, 15) is 4.39 Å². The second kappa shape index (κ2) is 5.43. The summed E-state index contributed by atoms with van der Waals surface area (Å²) in [4.78, 5) is 4.23. The van der Waals surface area contributed by atoms with E-state index in [1.807, 2.05) is 30.3 Å². The van der Waals surface area contributed by atoms with Crippen LogP contribution in [0.3, 0.4) is 0 Å². The molecule has 0 bridgehead atoms. The molecule has 17 heavy (non-hydrogen) atoms. The summed E-state index contributed by atoms with van der Waals surface area (Å²) in [5, 5.41) is 2.96. The Kier molecular flexibility index (Phi) is 3.70. The molecule has 1 N–H and O–H groups in total. The summed E-state index contributed by atoms with van der Waals surface area (Å²) in [5.41, 5.74) is 1.67. The van der Waals surface area contributed by atoms with E-state index in [1.54, 1.807) is 6.07 Å². The molecular formula is C14H14FN2. The van der Waals surface area contributed by atoms with E-state index in [0.29, 0.717) is 0 Å². The molecule has 0 amide bonds. The van der Waals surface area contributed by atoms with Crippen molar-refractivity contribution in [2.24, 2.45) is 0 Å². The van der Waals surface area contributed by atoms with Gasteiger partial charge in [-0.3, -0.25) is 0 Å². The Hall–Kier alpha value is -1.90. The fourth-order valence-corrected chi connectivity index (χ4v) is 1.55. The van der Waals surface area contributed by atoms with Crippen molar-refractivity contribution < 1.29 is 4.39 Å². The summed E-state index contributed by atoms with van der Waals surface area (Å²) >= 11 is 0. The van der Waals surface area contributed by atoms with Gasteiger partial charge in [-0.1, -0.05) is 25.1 Å². The number of aryl methyl sites for hydroxylation is 1. The van der Waals surface area contributed by atoms with E-state index in [-0.39, 0.29) is 11.6 Å². The van der Waals surface area contributed by atoms with Crippen molar-refractivity contribution in [2.75, 3.05) is 5.32 Å². The molecule has 2 nitrogen and oxygen atoms in total. The highest BCUT2D eigenvalue weighted by Gasteiger charge is 2.05. The maximum Gasteiger partial charge on any atom is 0.166 e. The summed E-state index contributed by atoms with van der Waals surface area (Å²) in [7, 11) is 0. The molecule has 2 aromatic rings. The van der Waals surface area contributed by atoms with Crippen molar-refractivity contribution in [3.05, 3.63) is 60.9 Å². The lowest BCUT2D eigenvalue weighted by Gasteiger charge is -2.08. The summed E-state index contributed by atoms with van der Waals surface area (Å²) in [6.07, 6.45) is 1.51. The molecule has 0 atom stereocenters. The third-order valence-electron chi connectivity index (χ3n) is 2.37. The first-order valence-electron chi connectivity index (χ1n) is 5.56. The van der Waals surface area contributed by atoms with E-state index in [1.165, 1.54) is 6.07 Å². The van der Waals surface area contributed by atoms with Gasteiger partial charge in [0.05, 0.1) is 0 Å². The van der Waals surface area contributed by atoms with Crippen molar-refractivity contribution in [2.45, 2.75) is 12.8 Å². The fraction of sp³-hybridized carbons (Fsp3) is 0.143. The maximum absolute atomic E-state index is 13.6. The minimum atomic E-state index is -0.346. The Balaban J connectivity index is 2.22. The van der Waals surface area contributed by atoms with Crippen LogP contribution in [0.15, 0.2) is 42.5 Å². The van der Waals surface area contributed by atoms with E-state index in [2.05, 4.69) is 17.2 Å². The highest BCUT2D eigenvalue weighted by Crippen LogP contribution is 2.18. The van der Waals surface area contributed by atoms with Gasteiger partial charge in [-0.25, -0.2) is 9.37 Å². The van der Waals surface area contributed by atoms with Crippen molar-refractivity contribution >= 4 is 11.5 Å². The highest BCUT2D eigenvalue weighted by atomic mass is 19.1. The first-order valence-corrected chi connectivity index (χ1v) is 5.56. The molecule has 0 aliphatic heterocycles. The number of hydrogen-bond acceptors (Lipinski definition) is 2. The predicted octanol–water partition coefficient (Wildman–Crippen LogP) is 3.73. The van der Waals surface area contributed by atoms with Gasteiger partial charge in [0.1, 0.15) is 0 Å². The van der Waals surface area contributed by atoms with Crippen molar-refractivity contribution in [3.63, 3.8) is 0 Å². The molecule has 0 aliphatic rings. The number of nitrogens with zero attached hydrogens (tertiary/aromatic N) is 1. The van der Waals surface area contributed by atoms with E-state index >= 15 is 0 Å². The molecule has 2 rings (SSSR count). The Morgan fingerprint density at radius 1 is 1.12 bits per heavy atom. The minimum Gasteiger partial charge on any atom is -0.338 e. The molecule has 0 saturated heterocycles. The topological polar surface area (TPSA) is 24.9 Å². The van der Waals surface area contributed by atoms with Gasteiger partial charge < -0.3 is 5.32 Å². The summed E-state index contributed by atoms with van der Waals surface area (Å²) in [5.74, 6) is -0.0798. The van der Waals surface area contributed by atoms with Gasteiger partial charge in [0.15, 0.2) is 11.6 Å². The van der Waals surface area contributed by atoms with Gasteiger partial charge in [-0.2, -0.15) is 0 Å². The number of rotatable bonds is 4. The molecule has 1 aromatic carbocycles. The van der Waals surface area contributed by atoms with E-state index in [0.717, 1.165) is 24.2 Å². The Morgan fingerprint density at radius 3 is 2.59 bits per heavy atom. The lowest BCUT2D eigenvalue weighted by Crippen LogP contribution is -2.00. The Bertz CT molecular complexity index is 483. The van der Waals surface area contributed by atoms with Crippen LogP contribution < -0.4 is 5.32 Å². The number of hydrogen-bond donors (Lipinski definition) is 1. The number of para-hydroxylation sites is 1. The SMILES string of the molecule is [CH2]CCc1ccc(F)c(Nc2ccccc2)n1. The van der Waals surface area contributed by atoms with Crippen molar-refractivity contribution in [1.82, 2.24) is 4.98 Å². The maximum atomic E-state index is 13.6. The molecule has 1 heterocycles. The van der Waals surface area contributed by atoms with Crippen LogP contribution in [-0.2, 0) is 6.42 Å². The van der Waals surface area contributed by atoms with Gasteiger partial charge in [-0.05, 0) is 37.1 Å². The number of nitrogens with one attached hydrogen (secondary N) is 1. The lowest BCUT2D eigenvalue weighted by atomic mass is 10.2. The zero-order valence-electron chi connectivity index (χ0n) is 9.49. The van der Waals surface area contributed by atoms with Crippen LogP contribution in [-0.4, -0.2) is 4.98 Å². The Labute approximate surface area is 101 Å². The fourth-order valence-electron chi connectivity index (χ4n) is 1.55. The smallest absolute Gasteiger partial charge is 0.166 e. The molecular weight excluding hydrogens is 215 g/mol. The molecule has 1 radical (unpaired) electrons. The van der Waals surface area contributed by atoms with Crippen LogP contribution >= 0.6 is 0 Å². The quantitative estimate of drug-likeness (QED) is 0.864. The van der Waals surface area contributed by atoms with Gasteiger partial charge in [0.25, 0.3) is 0 Å². The molecule has 0 saturated carbocycles. The van der Waals surface area contributed by atoms with Gasteiger partial charge in [-0.15, -0.1) is 0 Å². The average Bonchev–Trinajstić information content (AvgIpc) is 2.35. The van der Waals surface area contributed by atoms with Crippen LogP contribution in [0.5, 0.6) is 0 Å². The number of anilines is 2. The normalized spacial score (nSPS) is 10.2. The second-order valence-electron chi connectivity index (χ2n) is 3.73. The number of aromatic nitrogens is 1. The summed E-state index contributed by atoms with van der Waals surface area (Å²) < 4.78 is 13.6. The zero-order valence-corrected chi connectivity index (χ0v) is 9.49. The monoisotopic (exact) mass is 229 g/mol. The molecule has 0 fully saturated rings. The van der Waals surface area contributed by atoms with Crippen LogP contribution in [0.2, 0.25) is 0 Å². The number of benzene rings is 1. The van der Waals surface area contributed by atoms with Gasteiger partial charge in [0, 0.05) is 11.4 Å². The molecule has 0 spiro atoms. The third kappa shape index (κ3) is 3.03. The van der Waals surface area contributed by atoms with E-state index in [4.69, 9.17) is 0 Å². The van der Waals surface area contributed by atoms with Crippen molar-refractivity contribution in [1.29, 1.82) is 0 Å². The van der Waals surface area contributed by atoms with Gasteiger partial charge >= 0.3 is 0 Å². The lowest BCUT2D eigenvalue weighted by molar-refractivity contribution is 0.624. The molecule has 0 aliphatic carbocycles. The first-order chi connectivity index (χ1) is 8.29. The van der Waals surface area contributed by atoms with Crippen molar-refractivity contribution in [3.8, 4) is 0 Å². The van der Waals surface area contributed by atoms with E-state index < -0.39 is 0 Å². The van der Waals surface area contributed by atoms with Crippen LogP contribution in [0.25, 0.3) is 0 Å². The van der Waals surface area contributed by atoms with Gasteiger partial charge in [0.2, 0.25) is 0 Å². The third-order valence-corrected chi connectivity index (χ3v) is 2.37. The van der Waals surface area contributed by atoms with Crippen LogP contribution in [0, 0.1) is 12.7 Å². The molecule has 3 heteroatoms. The van der Waals surface area contributed by atoms with Crippen LogP contribution in [0.1, 0.15) is 12.1 Å². The number of pyridine rings is 1. The average molecular weight is 229 g/mol. The van der Waals surface area contributed by atoms with Crippen LogP contribution in [0.4, 0.5) is 15.9 Å². The molecule has 0 unspecified atom stereocenters. The summed E-state index contributed by atoms with van der Waals surface area (Å²) in [6.45, 7) is 3.76. The minimum absolute atomic E-state index is 0.266.